The first kappa shape index (κ1) is 17.2. The molecule has 1 aromatic heterocycles. The van der Waals surface area contributed by atoms with Crippen LogP contribution in [0.25, 0.3) is 11.4 Å². The number of amides is 1. The Labute approximate surface area is 151 Å². The van der Waals surface area contributed by atoms with Crippen molar-refractivity contribution in [3.63, 3.8) is 0 Å². The summed E-state index contributed by atoms with van der Waals surface area (Å²) in [5.74, 6) is 0.899. The highest BCUT2D eigenvalue weighted by Crippen LogP contribution is 2.21. The highest BCUT2D eigenvalue weighted by Gasteiger charge is 2.10. The Bertz CT molecular complexity index is 887. The fourth-order valence-electron chi connectivity index (χ4n) is 2.34. The molecule has 1 amide bonds. The van der Waals surface area contributed by atoms with Crippen molar-refractivity contribution in [2.24, 2.45) is 0 Å². The molecule has 0 atom stereocenters. The molecule has 0 spiro atoms. The third-order valence-electron chi connectivity index (χ3n) is 3.79. The van der Waals surface area contributed by atoms with Crippen LogP contribution in [0.5, 0.6) is 0 Å². The van der Waals surface area contributed by atoms with Crippen LogP contribution < -0.4 is 5.32 Å². The highest BCUT2D eigenvalue weighted by molar-refractivity contribution is 7.99. The lowest BCUT2D eigenvalue weighted by molar-refractivity contribution is -0.113. The van der Waals surface area contributed by atoms with E-state index >= 15 is 0 Å². The predicted molar refractivity (Wildman–Crippen MR) is 102 cm³/mol. The van der Waals surface area contributed by atoms with Crippen LogP contribution in [0.3, 0.4) is 0 Å². The maximum atomic E-state index is 12.2. The van der Waals surface area contributed by atoms with E-state index in [2.05, 4.69) is 20.5 Å². The molecule has 0 aliphatic heterocycles. The second-order valence-electron chi connectivity index (χ2n) is 5.99. The number of anilines is 1. The standard InChI is InChI=1S/C19H20N4OS/c1-12-5-8-15(9-6-12)18-21-19(23-22-18)25-11-17(24)20-16-10-13(2)4-7-14(16)3/h4-10H,11H2,1-3H3,(H,20,24)(H,21,22,23). The van der Waals surface area contributed by atoms with Crippen LogP contribution in [-0.2, 0) is 4.79 Å². The van der Waals surface area contributed by atoms with Gasteiger partial charge >= 0.3 is 0 Å². The summed E-state index contributed by atoms with van der Waals surface area (Å²) < 4.78 is 0. The molecule has 0 radical (unpaired) electrons. The van der Waals surface area contributed by atoms with E-state index in [4.69, 9.17) is 0 Å². The normalized spacial score (nSPS) is 10.7. The van der Waals surface area contributed by atoms with Gasteiger partial charge in [0, 0.05) is 11.3 Å². The third-order valence-corrected chi connectivity index (χ3v) is 4.64. The van der Waals surface area contributed by atoms with Gasteiger partial charge in [-0.2, -0.15) is 0 Å². The maximum Gasteiger partial charge on any atom is 0.234 e. The van der Waals surface area contributed by atoms with E-state index in [1.807, 2.05) is 63.2 Å². The number of carbonyl (C=O) groups is 1. The third kappa shape index (κ3) is 4.48. The first-order valence-corrected chi connectivity index (χ1v) is 8.99. The van der Waals surface area contributed by atoms with E-state index in [9.17, 15) is 4.79 Å². The van der Waals surface area contributed by atoms with Crippen LogP contribution in [-0.4, -0.2) is 26.8 Å². The fourth-order valence-corrected chi connectivity index (χ4v) is 2.94. The maximum absolute atomic E-state index is 12.2. The van der Waals surface area contributed by atoms with Gasteiger partial charge in [0.05, 0.1) is 5.75 Å². The molecule has 5 nitrogen and oxygen atoms in total. The minimum absolute atomic E-state index is 0.0691. The largest absolute Gasteiger partial charge is 0.325 e. The Kier molecular flexibility index (Phi) is 5.19. The number of thioether (sulfide) groups is 1. The van der Waals surface area contributed by atoms with Crippen molar-refractivity contribution in [3.05, 3.63) is 59.2 Å². The Hall–Kier alpha value is -2.60. The van der Waals surface area contributed by atoms with Crippen molar-refractivity contribution in [2.45, 2.75) is 25.9 Å². The highest BCUT2D eigenvalue weighted by atomic mass is 32.2. The molecular weight excluding hydrogens is 332 g/mol. The summed E-state index contributed by atoms with van der Waals surface area (Å²) in [6.45, 7) is 6.02. The van der Waals surface area contributed by atoms with Crippen molar-refractivity contribution in [2.75, 3.05) is 11.1 Å². The second-order valence-corrected chi connectivity index (χ2v) is 6.93. The average Bonchev–Trinajstić information content (AvgIpc) is 3.06. The van der Waals surface area contributed by atoms with Gasteiger partial charge in [-0.25, -0.2) is 4.98 Å². The number of benzene rings is 2. The summed E-state index contributed by atoms with van der Waals surface area (Å²) in [6.07, 6.45) is 0. The van der Waals surface area contributed by atoms with Gasteiger partial charge in [-0.05, 0) is 38.0 Å². The average molecular weight is 352 g/mol. The number of hydrogen-bond acceptors (Lipinski definition) is 4. The Morgan fingerprint density at radius 3 is 2.56 bits per heavy atom. The van der Waals surface area contributed by atoms with Gasteiger partial charge in [0.1, 0.15) is 0 Å². The number of aryl methyl sites for hydroxylation is 3. The van der Waals surface area contributed by atoms with Crippen molar-refractivity contribution >= 4 is 23.4 Å². The van der Waals surface area contributed by atoms with Gasteiger partial charge in [-0.15, -0.1) is 5.10 Å². The molecule has 25 heavy (non-hydrogen) atoms. The molecule has 0 aliphatic rings. The van der Waals surface area contributed by atoms with Gasteiger partial charge in [-0.3, -0.25) is 9.89 Å². The smallest absolute Gasteiger partial charge is 0.234 e. The molecule has 3 aromatic rings. The van der Waals surface area contributed by atoms with Crippen LogP contribution in [0.15, 0.2) is 47.6 Å². The molecule has 0 unspecified atom stereocenters. The molecule has 3 rings (SSSR count). The number of carbonyl (C=O) groups excluding carboxylic acids is 1. The van der Waals surface area contributed by atoms with Gasteiger partial charge in [-0.1, -0.05) is 53.7 Å². The second kappa shape index (κ2) is 7.53. The van der Waals surface area contributed by atoms with Crippen molar-refractivity contribution in [1.29, 1.82) is 0 Å². The zero-order chi connectivity index (χ0) is 17.8. The van der Waals surface area contributed by atoms with Gasteiger partial charge in [0.15, 0.2) is 5.82 Å². The first-order valence-electron chi connectivity index (χ1n) is 8.00. The Balaban J connectivity index is 1.59. The number of aromatic amines is 1. The summed E-state index contributed by atoms with van der Waals surface area (Å²) in [6, 6.07) is 14.1. The lowest BCUT2D eigenvalue weighted by Gasteiger charge is -2.08. The molecule has 0 saturated carbocycles. The van der Waals surface area contributed by atoms with E-state index < -0.39 is 0 Å². The van der Waals surface area contributed by atoms with E-state index in [1.165, 1.54) is 17.3 Å². The van der Waals surface area contributed by atoms with E-state index in [1.54, 1.807) is 0 Å². The van der Waals surface area contributed by atoms with Gasteiger partial charge in [0.2, 0.25) is 11.1 Å². The van der Waals surface area contributed by atoms with Gasteiger partial charge < -0.3 is 5.32 Å². The van der Waals surface area contributed by atoms with Crippen molar-refractivity contribution in [1.82, 2.24) is 15.2 Å². The van der Waals surface area contributed by atoms with E-state index in [0.29, 0.717) is 11.0 Å². The zero-order valence-corrected chi connectivity index (χ0v) is 15.3. The van der Waals surface area contributed by atoms with Crippen LogP contribution in [0.2, 0.25) is 0 Å². The summed E-state index contributed by atoms with van der Waals surface area (Å²) in [7, 11) is 0. The number of nitrogens with one attached hydrogen (secondary N) is 2. The Morgan fingerprint density at radius 1 is 1.08 bits per heavy atom. The number of rotatable bonds is 5. The SMILES string of the molecule is Cc1ccc(-c2nc(SCC(=O)Nc3cc(C)ccc3C)n[nH]2)cc1. The molecule has 2 aromatic carbocycles. The predicted octanol–water partition coefficient (Wildman–Crippen LogP) is 4.13. The lowest BCUT2D eigenvalue weighted by atomic mass is 10.1. The van der Waals surface area contributed by atoms with Crippen molar-refractivity contribution in [3.8, 4) is 11.4 Å². The molecule has 1 heterocycles. The Morgan fingerprint density at radius 2 is 1.80 bits per heavy atom. The monoisotopic (exact) mass is 352 g/mol. The van der Waals surface area contributed by atoms with Crippen molar-refractivity contribution < 1.29 is 4.79 Å². The number of H-pyrrole nitrogens is 1. The molecule has 0 bridgehead atoms. The van der Waals surface area contributed by atoms with E-state index in [-0.39, 0.29) is 11.7 Å². The summed E-state index contributed by atoms with van der Waals surface area (Å²) in [4.78, 5) is 16.6. The summed E-state index contributed by atoms with van der Waals surface area (Å²) in [5.41, 5.74) is 5.18. The molecule has 0 aliphatic carbocycles. The number of aromatic nitrogens is 3. The molecule has 6 heteroatoms. The molecule has 0 saturated heterocycles. The number of nitrogens with zero attached hydrogens (tertiary/aromatic N) is 2. The first-order chi connectivity index (χ1) is 12.0. The fraction of sp³-hybridized carbons (Fsp3) is 0.211. The number of hydrogen-bond donors (Lipinski definition) is 2. The van der Waals surface area contributed by atoms with E-state index in [0.717, 1.165) is 22.4 Å². The quantitative estimate of drug-likeness (QED) is 0.678. The summed E-state index contributed by atoms with van der Waals surface area (Å²) in [5, 5.41) is 10.6. The van der Waals surface area contributed by atoms with Crippen LogP contribution in [0, 0.1) is 20.8 Å². The molecular formula is C19H20N4OS. The van der Waals surface area contributed by atoms with Crippen LogP contribution in [0.1, 0.15) is 16.7 Å². The topological polar surface area (TPSA) is 70.7 Å². The van der Waals surface area contributed by atoms with Crippen LogP contribution >= 0.6 is 11.8 Å². The zero-order valence-electron chi connectivity index (χ0n) is 14.5. The van der Waals surface area contributed by atoms with Gasteiger partial charge in [0.25, 0.3) is 0 Å². The molecule has 128 valence electrons. The lowest BCUT2D eigenvalue weighted by Crippen LogP contribution is -2.15. The minimum Gasteiger partial charge on any atom is -0.325 e. The van der Waals surface area contributed by atoms with Crippen LogP contribution in [0.4, 0.5) is 5.69 Å². The summed E-state index contributed by atoms with van der Waals surface area (Å²) >= 11 is 1.31. The molecule has 2 N–H and O–H groups in total. The minimum atomic E-state index is -0.0691. The molecule has 0 fully saturated rings.